The summed E-state index contributed by atoms with van der Waals surface area (Å²) in [6.45, 7) is 0. The summed E-state index contributed by atoms with van der Waals surface area (Å²) in [5.74, 6) is 0. The molecule has 0 bridgehead atoms. The van der Waals surface area contributed by atoms with Gasteiger partial charge in [0.15, 0.2) is 0 Å². The Kier molecular flexibility index (Phi) is 2.84. The highest BCUT2D eigenvalue weighted by molar-refractivity contribution is 6.72. The summed E-state index contributed by atoms with van der Waals surface area (Å²) in [6.07, 6.45) is 0. The molecule has 1 rings (SSSR count). The summed E-state index contributed by atoms with van der Waals surface area (Å²) in [4.78, 5) is 10.8. The number of halogens is 2. The normalized spacial score (nSPS) is 9.50. The number of carbonyl (C=O) groups excluding carboxylic acids is 1. The molecule has 0 heterocycles. The van der Waals surface area contributed by atoms with E-state index in [4.69, 9.17) is 28.6 Å². The highest BCUT2D eigenvalue weighted by Gasteiger charge is 2.09. The van der Waals surface area contributed by atoms with E-state index in [1.165, 1.54) is 6.07 Å². The smallest absolute Gasteiger partial charge is 0.253 e. The summed E-state index contributed by atoms with van der Waals surface area (Å²) in [7, 11) is 0. The van der Waals surface area contributed by atoms with Crippen LogP contribution < -0.4 is 0 Å². The van der Waals surface area contributed by atoms with E-state index in [-0.39, 0.29) is 10.7 Å². The molecule has 62 valence electrons. The number of benzene rings is 1. The lowest BCUT2D eigenvalue weighted by Crippen LogP contribution is -1.99. The third kappa shape index (κ3) is 1.84. The van der Waals surface area contributed by atoms with Gasteiger partial charge in [0.25, 0.3) is 5.24 Å². The number of hydrogen-bond acceptors (Lipinski definition) is 2. The van der Waals surface area contributed by atoms with Crippen LogP contribution in [0.25, 0.3) is 0 Å². The van der Waals surface area contributed by atoms with Crippen LogP contribution in [0.5, 0.6) is 0 Å². The number of hydrogen-bond donors (Lipinski definition) is 1. The van der Waals surface area contributed by atoms with Gasteiger partial charge in [-0.05, 0) is 17.7 Å². The van der Waals surface area contributed by atoms with Crippen LogP contribution in [0.15, 0.2) is 24.3 Å². The Labute approximate surface area is 79.6 Å². The van der Waals surface area contributed by atoms with Crippen molar-refractivity contribution in [1.29, 1.82) is 5.41 Å². The largest absolute Gasteiger partial charge is 0.289 e. The van der Waals surface area contributed by atoms with Gasteiger partial charge in [-0.3, -0.25) is 10.2 Å². The van der Waals surface area contributed by atoms with Gasteiger partial charge < -0.3 is 0 Å². The monoisotopic (exact) mass is 201 g/mol. The second-order valence-electron chi connectivity index (χ2n) is 2.13. The number of rotatable bonds is 2. The van der Waals surface area contributed by atoms with Gasteiger partial charge in [0.1, 0.15) is 5.17 Å². The summed E-state index contributed by atoms with van der Waals surface area (Å²) < 4.78 is 0. The molecular formula is C8H5Cl2NO. The van der Waals surface area contributed by atoms with Crippen molar-refractivity contribution >= 4 is 33.6 Å². The lowest BCUT2D eigenvalue weighted by molar-refractivity contribution is 0.108. The van der Waals surface area contributed by atoms with Gasteiger partial charge in [-0.15, -0.1) is 0 Å². The second-order valence-corrected chi connectivity index (χ2v) is 2.85. The van der Waals surface area contributed by atoms with E-state index in [1.807, 2.05) is 0 Å². The minimum atomic E-state index is -0.601. The third-order valence-corrected chi connectivity index (χ3v) is 1.78. The Balaban J connectivity index is 3.27. The maximum atomic E-state index is 10.8. The predicted molar refractivity (Wildman–Crippen MR) is 49.3 cm³/mol. The Morgan fingerprint density at radius 2 is 1.67 bits per heavy atom. The molecule has 0 spiro atoms. The lowest BCUT2D eigenvalue weighted by Gasteiger charge is -2.00. The molecule has 0 aliphatic heterocycles. The zero-order valence-corrected chi connectivity index (χ0v) is 7.49. The molecule has 1 N–H and O–H groups in total. The maximum Gasteiger partial charge on any atom is 0.253 e. The van der Waals surface area contributed by atoms with E-state index < -0.39 is 5.24 Å². The fourth-order valence-electron chi connectivity index (χ4n) is 0.846. The van der Waals surface area contributed by atoms with Crippen molar-refractivity contribution in [2.75, 3.05) is 0 Å². The van der Waals surface area contributed by atoms with E-state index in [0.29, 0.717) is 5.56 Å². The van der Waals surface area contributed by atoms with Gasteiger partial charge in [0.2, 0.25) is 0 Å². The Morgan fingerprint density at radius 1 is 1.17 bits per heavy atom. The predicted octanol–water partition coefficient (Wildman–Crippen LogP) is 2.63. The molecule has 2 nitrogen and oxygen atoms in total. The maximum absolute atomic E-state index is 10.8. The van der Waals surface area contributed by atoms with Crippen LogP contribution in [0.2, 0.25) is 0 Å². The van der Waals surface area contributed by atoms with Crippen molar-refractivity contribution in [2.45, 2.75) is 0 Å². The van der Waals surface area contributed by atoms with Crippen LogP contribution in [0.1, 0.15) is 15.9 Å². The second kappa shape index (κ2) is 3.70. The molecule has 1 aromatic rings. The van der Waals surface area contributed by atoms with Gasteiger partial charge in [-0.2, -0.15) is 0 Å². The first kappa shape index (κ1) is 9.23. The van der Waals surface area contributed by atoms with E-state index in [1.54, 1.807) is 18.2 Å². The van der Waals surface area contributed by atoms with E-state index >= 15 is 0 Å². The summed E-state index contributed by atoms with van der Waals surface area (Å²) in [5.41, 5.74) is 0.623. The molecule has 0 radical (unpaired) electrons. The molecular weight excluding hydrogens is 197 g/mol. The highest BCUT2D eigenvalue weighted by Crippen LogP contribution is 2.13. The van der Waals surface area contributed by atoms with Gasteiger partial charge in [-0.25, -0.2) is 0 Å². The molecule has 0 amide bonds. The minimum absolute atomic E-state index is 0.181. The molecule has 4 heteroatoms. The number of nitrogens with one attached hydrogen (secondary N) is 1. The Morgan fingerprint density at radius 3 is 2.00 bits per heavy atom. The fraction of sp³-hybridized carbons (Fsp3) is 0. The van der Waals surface area contributed by atoms with Crippen LogP contribution in [0.3, 0.4) is 0 Å². The third-order valence-electron chi connectivity index (χ3n) is 1.38. The average Bonchev–Trinajstić information content (AvgIpc) is 2.04. The molecule has 0 atom stereocenters. The zero-order chi connectivity index (χ0) is 9.14. The SMILES string of the molecule is N=C(Cl)c1ccccc1C(=O)Cl. The fourth-order valence-corrected chi connectivity index (χ4v) is 1.18. The van der Waals surface area contributed by atoms with Crippen LogP contribution in [0, 0.1) is 5.41 Å². The quantitative estimate of drug-likeness (QED) is 0.581. The van der Waals surface area contributed by atoms with E-state index in [9.17, 15) is 4.79 Å². The van der Waals surface area contributed by atoms with Crippen LogP contribution >= 0.6 is 23.2 Å². The van der Waals surface area contributed by atoms with Crippen molar-refractivity contribution in [2.24, 2.45) is 0 Å². The lowest BCUT2D eigenvalue weighted by atomic mass is 10.1. The molecule has 0 aliphatic carbocycles. The first-order chi connectivity index (χ1) is 5.63. The molecule has 1 aromatic carbocycles. The van der Waals surface area contributed by atoms with Crippen LogP contribution in [-0.4, -0.2) is 10.4 Å². The first-order valence-electron chi connectivity index (χ1n) is 3.16. The van der Waals surface area contributed by atoms with Crippen molar-refractivity contribution in [3.63, 3.8) is 0 Å². The summed E-state index contributed by atoms with van der Waals surface area (Å²) in [6, 6.07) is 6.46. The van der Waals surface area contributed by atoms with Gasteiger partial charge in [0, 0.05) is 11.1 Å². The molecule has 12 heavy (non-hydrogen) atoms. The van der Waals surface area contributed by atoms with Gasteiger partial charge in [-0.1, -0.05) is 29.8 Å². The number of carbonyl (C=O) groups is 1. The summed E-state index contributed by atoms with van der Waals surface area (Å²) in [5, 5.41) is 6.34. The van der Waals surface area contributed by atoms with Crippen molar-refractivity contribution in [1.82, 2.24) is 0 Å². The van der Waals surface area contributed by atoms with Crippen molar-refractivity contribution in [3.05, 3.63) is 35.4 Å². The zero-order valence-electron chi connectivity index (χ0n) is 5.97. The van der Waals surface area contributed by atoms with Gasteiger partial charge in [0.05, 0.1) is 0 Å². The van der Waals surface area contributed by atoms with Crippen molar-refractivity contribution < 1.29 is 4.79 Å². The van der Waals surface area contributed by atoms with Crippen LogP contribution in [0.4, 0.5) is 0 Å². The molecule has 0 aromatic heterocycles. The van der Waals surface area contributed by atoms with Crippen LogP contribution in [-0.2, 0) is 0 Å². The van der Waals surface area contributed by atoms with Gasteiger partial charge >= 0.3 is 0 Å². The molecule has 0 aliphatic rings. The standard InChI is InChI=1S/C8H5Cl2NO/c9-7(11)5-3-1-2-4-6(5)8(10)12/h1-4,11H. The summed E-state index contributed by atoms with van der Waals surface area (Å²) >= 11 is 10.7. The Bertz CT molecular complexity index is 303. The molecule has 0 saturated heterocycles. The average molecular weight is 202 g/mol. The highest BCUT2D eigenvalue weighted by atomic mass is 35.5. The topological polar surface area (TPSA) is 40.9 Å². The van der Waals surface area contributed by atoms with E-state index in [0.717, 1.165) is 0 Å². The minimum Gasteiger partial charge on any atom is -0.289 e. The molecule has 0 unspecified atom stereocenters. The Hall–Kier alpha value is -0.860. The van der Waals surface area contributed by atoms with E-state index in [2.05, 4.69) is 0 Å². The first-order valence-corrected chi connectivity index (χ1v) is 3.92. The van der Waals surface area contributed by atoms with Crippen molar-refractivity contribution in [3.8, 4) is 0 Å². The molecule has 0 saturated carbocycles. The molecule has 0 fully saturated rings.